The molecule has 3 heterocycles. The molecule has 3 heteroatoms. The average molecular weight is 616 g/mol. The maximum atomic E-state index is 6.64. The Morgan fingerprint density at radius 1 is 0.479 bits per heavy atom. The van der Waals surface area contributed by atoms with Crippen LogP contribution in [0.1, 0.15) is 29.7 Å². The molecule has 1 aliphatic rings. The van der Waals surface area contributed by atoms with Gasteiger partial charge in [0, 0.05) is 33.0 Å². The molecule has 1 aliphatic heterocycles. The predicted molar refractivity (Wildman–Crippen MR) is 199 cm³/mol. The lowest BCUT2D eigenvalue weighted by Gasteiger charge is -2.15. The van der Waals surface area contributed by atoms with Gasteiger partial charge in [0.15, 0.2) is 5.76 Å². The van der Waals surface area contributed by atoms with Gasteiger partial charge in [-0.15, -0.1) is 0 Å². The number of hydrogen-bond donors (Lipinski definition) is 0. The van der Waals surface area contributed by atoms with Gasteiger partial charge in [0.1, 0.15) is 22.4 Å². The van der Waals surface area contributed by atoms with E-state index in [2.05, 4.69) is 133 Å². The van der Waals surface area contributed by atoms with E-state index in [4.69, 9.17) is 13.8 Å². The van der Waals surface area contributed by atoms with Crippen molar-refractivity contribution in [2.24, 2.45) is 4.99 Å². The quantitative estimate of drug-likeness (QED) is 0.198. The number of nitrogens with zero attached hydrogens (tertiary/aromatic N) is 1. The van der Waals surface area contributed by atoms with Gasteiger partial charge in [-0.05, 0) is 93.5 Å². The number of benzene rings is 7. The Kier molecular flexibility index (Phi) is 6.00. The number of hydrogen-bond acceptors (Lipinski definition) is 3. The standard InChI is InChI=1S/C45H29NO2/c1-3-12-30-24-32(22-20-28(30)10-1)35-16-9-17-39(46-44-37-15-6-8-19-41(37)48-45(35)44)34-26-38(33-23-21-29-11-2-4-13-31(29)25-33)43-36-14-5-7-18-40(36)47-42(43)27-34/h1-8,10-16,18-27H,9,17H2. The summed E-state index contributed by atoms with van der Waals surface area (Å²) in [4.78, 5) is 5.48. The van der Waals surface area contributed by atoms with Crippen molar-refractivity contribution in [1.82, 2.24) is 0 Å². The lowest BCUT2D eigenvalue weighted by atomic mass is 9.92. The van der Waals surface area contributed by atoms with E-state index in [1.165, 1.54) is 21.5 Å². The largest absolute Gasteiger partial charge is 0.456 e. The van der Waals surface area contributed by atoms with Gasteiger partial charge in [-0.3, -0.25) is 0 Å². The van der Waals surface area contributed by atoms with Crippen LogP contribution in [0, 0.1) is 0 Å². The molecule has 3 nitrogen and oxygen atoms in total. The monoisotopic (exact) mass is 615 g/mol. The van der Waals surface area contributed by atoms with Crippen LogP contribution in [0.25, 0.3) is 71.2 Å². The first-order valence-electron chi connectivity index (χ1n) is 16.5. The summed E-state index contributed by atoms with van der Waals surface area (Å²) in [6.45, 7) is 0. The van der Waals surface area contributed by atoms with E-state index in [1.807, 2.05) is 18.2 Å². The molecular weight excluding hydrogens is 587 g/mol. The zero-order chi connectivity index (χ0) is 31.6. The second-order valence-corrected chi connectivity index (χ2v) is 12.6. The van der Waals surface area contributed by atoms with Crippen LogP contribution in [0.5, 0.6) is 0 Å². The average Bonchev–Trinajstić information content (AvgIpc) is 3.68. The van der Waals surface area contributed by atoms with Crippen LogP contribution in [-0.2, 0) is 0 Å². The molecule has 0 saturated heterocycles. The smallest absolute Gasteiger partial charge is 0.161 e. The number of furan rings is 2. The Morgan fingerprint density at radius 3 is 1.88 bits per heavy atom. The lowest BCUT2D eigenvalue weighted by molar-refractivity contribution is 0.600. The van der Waals surface area contributed by atoms with Crippen molar-refractivity contribution in [3.8, 4) is 11.1 Å². The highest BCUT2D eigenvalue weighted by Crippen LogP contribution is 2.44. The fourth-order valence-corrected chi connectivity index (χ4v) is 7.38. The predicted octanol–water partition coefficient (Wildman–Crippen LogP) is 12.7. The molecular formula is C45H29NO2. The Bertz CT molecular complexity index is 2790. The summed E-state index contributed by atoms with van der Waals surface area (Å²) in [5.41, 5.74) is 10.1. The van der Waals surface area contributed by atoms with Crippen molar-refractivity contribution >= 4 is 71.4 Å². The molecule has 0 N–H and O–H groups in total. The number of para-hydroxylation sites is 2. The molecule has 0 saturated carbocycles. The minimum absolute atomic E-state index is 0.777. The van der Waals surface area contributed by atoms with Gasteiger partial charge in [0.2, 0.25) is 0 Å². The first-order chi connectivity index (χ1) is 23.8. The highest BCUT2D eigenvalue weighted by atomic mass is 16.3. The topological polar surface area (TPSA) is 38.6 Å². The summed E-state index contributed by atoms with van der Waals surface area (Å²) in [5, 5.41) is 8.13. The maximum Gasteiger partial charge on any atom is 0.161 e. The number of rotatable bonds is 3. The van der Waals surface area contributed by atoms with Crippen LogP contribution in [0.15, 0.2) is 165 Å². The number of aliphatic imine (C=N–C) groups is 1. The Labute approximate surface area is 277 Å². The van der Waals surface area contributed by atoms with E-state index in [0.29, 0.717) is 0 Å². The summed E-state index contributed by atoms with van der Waals surface area (Å²) in [6.07, 6.45) is 3.92. The fraction of sp³-hybridized carbons (Fsp3) is 0.0444. The van der Waals surface area contributed by atoms with Gasteiger partial charge in [0.05, 0.1) is 0 Å². The highest BCUT2D eigenvalue weighted by molar-refractivity contribution is 6.17. The maximum absolute atomic E-state index is 6.64. The van der Waals surface area contributed by atoms with Crippen LogP contribution in [0.4, 0.5) is 5.69 Å². The molecule has 0 fully saturated rings. The summed E-state index contributed by atoms with van der Waals surface area (Å²) in [6, 6.07) is 51.4. The third-order valence-corrected chi connectivity index (χ3v) is 9.72. The Balaban J connectivity index is 1.19. The Hall–Kier alpha value is -6.19. The summed E-state index contributed by atoms with van der Waals surface area (Å²) in [5.74, 6) is 0.809. The van der Waals surface area contributed by atoms with Crippen molar-refractivity contribution in [2.75, 3.05) is 0 Å². The first-order valence-corrected chi connectivity index (χ1v) is 16.5. The fourth-order valence-electron chi connectivity index (χ4n) is 7.38. The van der Waals surface area contributed by atoms with E-state index in [0.717, 1.165) is 90.7 Å². The van der Waals surface area contributed by atoms with Gasteiger partial charge in [0.25, 0.3) is 0 Å². The van der Waals surface area contributed by atoms with Crippen LogP contribution >= 0.6 is 0 Å². The molecule has 0 atom stereocenters. The first kappa shape index (κ1) is 27.0. The third kappa shape index (κ3) is 4.32. The molecule has 48 heavy (non-hydrogen) atoms. The molecule has 226 valence electrons. The molecule has 0 radical (unpaired) electrons. The van der Waals surface area contributed by atoms with Gasteiger partial charge >= 0.3 is 0 Å². The van der Waals surface area contributed by atoms with Gasteiger partial charge in [-0.2, -0.15) is 0 Å². The second-order valence-electron chi connectivity index (χ2n) is 12.6. The number of allylic oxidation sites excluding steroid dienone is 1. The van der Waals surface area contributed by atoms with Crippen molar-refractivity contribution < 1.29 is 8.83 Å². The van der Waals surface area contributed by atoms with Gasteiger partial charge in [-0.25, -0.2) is 4.99 Å². The molecule has 2 aromatic heterocycles. The normalized spacial score (nSPS) is 13.5. The van der Waals surface area contributed by atoms with Crippen molar-refractivity contribution in [3.63, 3.8) is 0 Å². The molecule has 0 unspecified atom stereocenters. The molecule has 10 rings (SSSR count). The molecule has 0 amide bonds. The molecule has 9 aromatic rings. The summed E-state index contributed by atoms with van der Waals surface area (Å²) >= 11 is 0. The zero-order valence-corrected chi connectivity index (χ0v) is 26.1. The molecule has 0 spiro atoms. The molecule has 0 aliphatic carbocycles. The second kappa shape index (κ2) is 10.7. The van der Waals surface area contributed by atoms with Crippen LogP contribution in [-0.4, -0.2) is 5.71 Å². The van der Waals surface area contributed by atoms with Crippen LogP contribution < -0.4 is 0 Å². The lowest BCUT2D eigenvalue weighted by Crippen LogP contribution is -2.03. The number of fused-ring (bicyclic) bond motifs is 8. The van der Waals surface area contributed by atoms with Gasteiger partial charge < -0.3 is 8.83 Å². The van der Waals surface area contributed by atoms with E-state index in [9.17, 15) is 0 Å². The van der Waals surface area contributed by atoms with Crippen molar-refractivity contribution in [1.29, 1.82) is 0 Å². The van der Waals surface area contributed by atoms with Crippen molar-refractivity contribution in [3.05, 3.63) is 169 Å². The van der Waals surface area contributed by atoms with E-state index < -0.39 is 0 Å². The minimum atomic E-state index is 0.777. The summed E-state index contributed by atoms with van der Waals surface area (Å²) in [7, 11) is 0. The van der Waals surface area contributed by atoms with Gasteiger partial charge in [-0.1, -0.05) is 109 Å². The van der Waals surface area contributed by atoms with E-state index >= 15 is 0 Å². The van der Waals surface area contributed by atoms with Crippen LogP contribution in [0.2, 0.25) is 0 Å². The zero-order valence-electron chi connectivity index (χ0n) is 26.1. The third-order valence-electron chi connectivity index (χ3n) is 9.72. The Morgan fingerprint density at radius 2 is 1.10 bits per heavy atom. The van der Waals surface area contributed by atoms with E-state index in [-0.39, 0.29) is 0 Å². The van der Waals surface area contributed by atoms with Crippen molar-refractivity contribution in [2.45, 2.75) is 12.8 Å². The SMILES string of the molecule is C1=C(c2ccc3ccccc3c2)c2oc3ccccc3c2N=C(c2cc(-c3ccc4ccccc4c3)c3c(c2)oc2ccccc23)CC1. The molecule has 0 bridgehead atoms. The molecule has 7 aromatic carbocycles. The summed E-state index contributed by atoms with van der Waals surface area (Å²) < 4.78 is 13.2. The van der Waals surface area contributed by atoms with E-state index in [1.54, 1.807) is 0 Å². The van der Waals surface area contributed by atoms with Crippen LogP contribution in [0.3, 0.4) is 0 Å². The minimum Gasteiger partial charge on any atom is -0.456 e. The highest BCUT2D eigenvalue weighted by Gasteiger charge is 2.23.